The lowest BCUT2D eigenvalue weighted by molar-refractivity contribution is -0.131. The molecule has 12 heteroatoms. The van der Waals surface area contributed by atoms with Crippen LogP contribution in [0.1, 0.15) is 25.7 Å². The Bertz CT molecular complexity index is 627. The molecule has 0 radical (unpaired) electrons. The number of hydrazine groups is 1. The van der Waals surface area contributed by atoms with E-state index in [2.05, 4.69) is 9.71 Å². The first-order chi connectivity index (χ1) is 11.2. The van der Waals surface area contributed by atoms with Crippen molar-refractivity contribution in [2.75, 3.05) is 19.6 Å². The van der Waals surface area contributed by atoms with Crippen molar-refractivity contribution in [3.05, 3.63) is 0 Å². The minimum absolute atomic E-state index is 0.00172. The van der Waals surface area contributed by atoms with Gasteiger partial charge in [-0.25, -0.2) is 9.80 Å². The molecule has 24 heavy (non-hydrogen) atoms. The molecule has 136 valence electrons. The molecule has 0 aromatic carbocycles. The molecule has 0 aliphatic carbocycles. The first-order valence-corrected chi connectivity index (χ1v) is 9.19. The summed E-state index contributed by atoms with van der Waals surface area (Å²) in [5, 5.41) is 2.37. The van der Waals surface area contributed by atoms with Crippen LogP contribution in [0.3, 0.4) is 0 Å². The third-order valence-corrected chi connectivity index (χ3v) is 4.88. The van der Waals surface area contributed by atoms with Crippen molar-refractivity contribution in [2.45, 2.75) is 43.8 Å². The van der Waals surface area contributed by atoms with E-state index in [0.29, 0.717) is 31.0 Å². The fourth-order valence-electron chi connectivity index (χ4n) is 3.45. The summed E-state index contributed by atoms with van der Waals surface area (Å²) in [6.07, 6.45) is 2.57. The summed E-state index contributed by atoms with van der Waals surface area (Å²) in [7, 11) is -4.79. The number of nitrogens with zero attached hydrogens (tertiary/aromatic N) is 3. The molecule has 0 saturated carbocycles. The maximum absolute atomic E-state index is 12.5. The van der Waals surface area contributed by atoms with Crippen molar-refractivity contribution in [2.24, 2.45) is 5.73 Å². The number of nitrogens with two attached hydrogens (primary N) is 1. The lowest BCUT2D eigenvalue weighted by atomic mass is 10.0. The SMILES string of the molecule is NC1CCCN(NC(=O)[C@@H]2CCC3CN2C(=O)N3OS(=O)(=O)O)C1. The van der Waals surface area contributed by atoms with Gasteiger partial charge in [-0.1, -0.05) is 0 Å². The number of hydroxylamine groups is 2. The zero-order valence-electron chi connectivity index (χ0n) is 13.0. The average Bonchev–Trinajstić information content (AvgIpc) is 2.71. The predicted octanol–water partition coefficient (Wildman–Crippen LogP) is -1.56. The van der Waals surface area contributed by atoms with Gasteiger partial charge in [-0.3, -0.25) is 14.8 Å². The normalized spacial score (nSPS) is 31.4. The van der Waals surface area contributed by atoms with Crippen LogP contribution in [0.15, 0.2) is 0 Å². The van der Waals surface area contributed by atoms with Gasteiger partial charge in [0, 0.05) is 25.7 Å². The van der Waals surface area contributed by atoms with Crippen LogP contribution in [0.5, 0.6) is 0 Å². The quantitative estimate of drug-likeness (QED) is 0.509. The van der Waals surface area contributed by atoms with Crippen molar-refractivity contribution in [1.82, 2.24) is 20.4 Å². The third-order valence-electron chi connectivity index (χ3n) is 4.53. The molecule has 3 aliphatic rings. The molecule has 3 atom stereocenters. The number of rotatable bonds is 4. The lowest BCUT2D eigenvalue weighted by Crippen LogP contribution is -2.57. The molecule has 3 heterocycles. The van der Waals surface area contributed by atoms with Gasteiger partial charge in [0.25, 0.3) is 5.91 Å². The van der Waals surface area contributed by atoms with Crippen molar-refractivity contribution in [3.8, 4) is 0 Å². The smallest absolute Gasteiger partial charge is 0.326 e. The van der Waals surface area contributed by atoms with Gasteiger partial charge < -0.3 is 10.6 Å². The molecule has 0 aromatic rings. The summed E-state index contributed by atoms with van der Waals surface area (Å²) in [5.41, 5.74) is 8.66. The van der Waals surface area contributed by atoms with Crippen LogP contribution in [0.4, 0.5) is 4.79 Å². The van der Waals surface area contributed by atoms with E-state index in [-0.39, 0.29) is 18.5 Å². The Morgan fingerprint density at radius 1 is 1.29 bits per heavy atom. The Morgan fingerprint density at radius 2 is 2.04 bits per heavy atom. The van der Waals surface area contributed by atoms with Crippen molar-refractivity contribution in [1.29, 1.82) is 0 Å². The van der Waals surface area contributed by atoms with Gasteiger partial charge in [-0.05, 0) is 25.7 Å². The highest BCUT2D eigenvalue weighted by molar-refractivity contribution is 7.80. The Morgan fingerprint density at radius 3 is 2.71 bits per heavy atom. The second-order valence-corrected chi connectivity index (χ2v) is 7.34. The highest BCUT2D eigenvalue weighted by Gasteiger charge is 2.49. The molecule has 0 aromatic heterocycles. The zero-order valence-corrected chi connectivity index (χ0v) is 13.8. The molecular weight excluding hydrogens is 342 g/mol. The highest BCUT2D eigenvalue weighted by Crippen LogP contribution is 2.30. The topological polar surface area (TPSA) is 146 Å². The number of fused-ring (bicyclic) bond motifs is 2. The summed E-state index contributed by atoms with van der Waals surface area (Å²) in [5.74, 6) is -0.329. The summed E-state index contributed by atoms with van der Waals surface area (Å²) in [6, 6.07) is -1.96. The Hall–Kier alpha value is -1.47. The number of carbonyl (C=O) groups excluding carboxylic acids is 2. The van der Waals surface area contributed by atoms with E-state index in [4.69, 9.17) is 10.3 Å². The molecular formula is C12H21N5O6S. The summed E-state index contributed by atoms with van der Waals surface area (Å²) in [4.78, 5) is 26.0. The van der Waals surface area contributed by atoms with E-state index in [0.717, 1.165) is 12.8 Å². The summed E-state index contributed by atoms with van der Waals surface area (Å²) >= 11 is 0. The predicted molar refractivity (Wildman–Crippen MR) is 80.3 cm³/mol. The van der Waals surface area contributed by atoms with E-state index in [9.17, 15) is 18.0 Å². The maximum Gasteiger partial charge on any atom is 0.418 e. The first-order valence-electron chi connectivity index (χ1n) is 7.82. The first kappa shape index (κ1) is 17.4. The molecule has 3 aliphatic heterocycles. The second-order valence-electron chi connectivity index (χ2n) is 6.33. The molecule has 2 bridgehead atoms. The Labute approximate surface area is 139 Å². The van der Waals surface area contributed by atoms with Gasteiger partial charge in [0.2, 0.25) is 0 Å². The van der Waals surface area contributed by atoms with E-state index in [1.807, 2.05) is 0 Å². The number of piperidine rings is 2. The molecule has 0 spiro atoms. The number of amides is 3. The monoisotopic (exact) mass is 363 g/mol. The molecule has 3 amide bonds. The summed E-state index contributed by atoms with van der Waals surface area (Å²) < 4.78 is 34.8. The highest BCUT2D eigenvalue weighted by atomic mass is 32.3. The standard InChI is InChI=1S/C12H21N5O6S/c13-8-2-1-5-15(6-8)14-11(18)10-4-3-9-7-16(10)12(19)17(9)23-24(20,21)22/h8-10H,1-7,13H2,(H,14,18)(H,20,21,22)/t8?,9?,10-/m0/s1. The molecule has 3 saturated heterocycles. The second kappa shape index (κ2) is 6.44. The van der Waals surface area contributed by atoms with E-state index in [1.54, 1.807) is 5.01 Å². The Kier molecular flexibility index (Phi) is 4.66. The van der Waals surface area contributed by atoms with Crippen LogP contribution in [0.2, 0.25) is 0 Å². The van der Waals surface area contributed by atoms with Crippen molar-refractivity contribution in [3.63, 3.8) is 0 Å². The molecule has 11 nitrogen and oxygen atoms in total. The largest absolute Gasteiger partial charge is 0.418 e. The average molecular weight is 363 g/mol. The molecule has 3 fully saturated rings. The fourth-order valence-corrected chi connectivity index (χ4v) is 3.83. The number of hydrogen-bond acceptors (Lipinski definition) is 7. The van der Waals surface area contributed by atoms with Gasteiger partial charge >= 0.3 is 16.4 Å². The Balaban J connectivity index is 1.64. The zero-order chi connectivity index (χ0) is 17.5. The van der Waals surface area contributed by atoms with Crippen LogP contribution < -0.4 is 11.2 Å². The summed E-state index contributed by atoms with van der Waals surface area (Å²) in [6.45, 7) is 1.42. The third kappa shape index (κ3) is 3.62. The van der Waals surface area contributed by atoms with Gasteiger partial charge in [0.05, 0.1) is 6.04 Å². The van der Waals surface area contributed by atoms with Gasteiger partial charge in [0.15, 0.2) is 0 Å². The van der Waals surface area contributed by atoms with E-state index in [1.165, 1.54) is 4.90 Å². The van der Waals surface area contributed by atoms with Crippen molar-refractivity contribution >= 4 is 22.3 Å². The van der Waals surface area contributed by atoms with Gasteiger partial charge in [-0.15, -0.1) is 4.28 Å². The van der Waals surface area contributed by atoms with Crippen LogP contribution in [-0.2, 0) is 19.5 Å². The number of nitrogens with one attached hydrogen (secondary N) is 1. The molecule has 3 rings (SSSR count). The lowest BCUT2D eigenvalue weighted by Gasteiger charge is -2.34. The molecule has 4 N–H and O–H groups in total. The minimum atomic E-state index is -4.79. The maximum atomic E-state index is 12.5. The van der Waals surface area contributed by atoms with Crippen LogP contribution in [-0.4, -0.2) is 77.6 Å². The van der Waals surface area contributed by atoms with Crippen LogP contribution >= 0.6 is 0 Å². The van der Waals surface area contributed by atoms with E-state index < -0.39 is 28.5 Å². The minimum Gasteiger partial charge on any atom is -0.326 e. The van der Waals surface area contributed by atoms with Crippen LogP contribution in [0.25, 0.3) is 0 Å². The van der Waals surface area contributed by atoms with Gasteiger partial charge in [-0.2, -0.15) is 13.5 Å². The van der Waals surface area contributed by atoms with E-state index >= 15 is 0 Å². The number of urea groups is 1. The van der Waals surface area contributed by atoms with Crippen LogP contribution in [0, 0.1) is 0 Å². The van der Waals surface area contributed by atoms with Gasteiger partial charge in [0.1, 0.15) is 6.04 Å². The number of hydrogen-bond donors (Lipinski definition) is 3. The van der Waals surface area contributed by atoms with Crippen molar-refractivity contribution < 1.29 is 26.8 Å². The molecule has 2 unspecified atom stereocenters. The number of carbonyl (C=O) groups is 2. The fraction of sp³-hybridized carbons (Fsp3) is 0.833.